The van der Waals surface area contributed by atoms with Gasteiger partial charge in [-0.15, -0.1) is 11.3 Å². The fourth-order valence-corrected chi connectivity index (χ4v) is 2.66. The molecular weight excluding hydrogens is 206 g/mol. The average Bonchev–Trinajstić information content (AvgIpc) is 2.78. The molecule has 0 spiro atoms. The number of hydrogen-bond donors (Lipinski definition) is 1. The van der Waals surface area contributed by atoms with Crippen molar-refractivity contribution in [2.75, 3.05) is 5.32 Å². The third kappa shape index (κ3) is 1.27. The second kappa shape index (κ2) is 3.21. The maximum absolute atomic E-state index is 11.8. The molecule has 0 saturated heterocycles. The van der Waals surface area contributed by atoms with Crippen LogP contribution in [-0.2, 0) is 4.79 Å². The molecular formula is C12H9NOS. The third-order valence-corrected chi connectivity index (χ3v) is 3.37. The van der Waals surface area contributed by atoms with Gasteiger partial charge >= 0.3 is 0 Å². The lowest BCUT2D eigenvalue weighted by atomic mass is 10.00. The molecule has 2 aliphatic rings. The quantitative estimate of drug-likeness (QED) is 0.662. The van der Waals surface area contributed by atoms with Crippen LogP contribution in [0.25, 0.3) is 5.57 Å². The molecule has 0 unspecified atom stereocenters. The van der Waals surface area contributed by atoms with Gasteiger partial charge in [0.15, 0.2) is 0 Å². The van der Waals surface area contributed by atoms with E-state index in [1.165, 1.54) is 0 Å². The van der Waals surface area contributed by atoms with Gasteiger partial charge in [-0.25, -0.2) is 0 Å². The number of fused-ring (bicyclic) bond motifs is 1. The van der Waals surface area contributed by atoms with Crippen molar-refractivity contribution in [3.8, 4) is 0 Å². The minimum atomic E-state index is 0.0167. The Morgan fingerprint density at radius 3 is 2.87 bits per heavy atom. The number of carbonyl (C=O) groups excluding carboxylic acids is 1. The Labute approximate surface area is 91.6 Å². The summed E-state index contributed by atoms with van der Waals surface area (Å²) in [6, 6.07) is 2.00. The van der Waals surface area contributed by atoms with Crippen LogP contribution in [0.3, 0.4) is 0 Å². The van der Waals surface area contributed by atoms with Crippen LogP contribution in [0.5, 0.6) is 0 Å². The van der Waals surface area contributed by atoms with Crippen LogP contribution in [0.2, 0.25) is 0 Å². The van der Waals surface area contributed by atoms with Gasteiger partial charge < -0.3 is 5.32 Å². The van der Waals surface area contributed by atoms with Crippen LogP contribution in [0.1, 0.15) is 12.0 Å². The molecule has 3 rings (SSSR count). The molecule has 2 nitrogen and oxygen atoms in total. The van der Waals surface area contributed by atoms with Gasteiger partial charge in [0.2, 0.25) is 0 Å². The van der Waals surface area contributed by atoms with E-state index in [9.17, 15) is 4.79 Å². The van der Waals surface area contributed by atoms with E-state index in [1.54, 1.807) is 11.3 Å². The number of nitrogens with one attached hydrogen (secondary N) is 1. The summed E-state index contributed by atoms with van der Waals surface area (Å²) in [4.78, 5) is 11.8. The Hall–Kier alpha value is -1.61. The Balaban J connectivity index is 2.21. The lowest BCUT2D eigenvalue weighted by Gasteiger charge is -2.03. The van der Waals surface area contributed by atoms with Gasteiger partial charge in [0, 0.05) is 5.56 Å². The number of hydrogen-bond acceptors (Lipinski definition) is 2. The van der Waals surface area contributed by atoms with Crippen molar-refractivity contribution in [2.45, 2.75) is 6.42 Å². The molecule has 0 bridgehead atoms. The number of rotatable bonds is 0. The summed E-state index contributed by atoms with van der Waals surface area (Å²) in [5.74, 6) is 0.0167. The van der Waals surface area contributed by atoms with Crippen molar-refractivity contribution in [1.29, 1.82) is 0 Å². The highest BCUT2D eigenvalue weighted by Crippen LogP contribution is 2.38. The monoisotopic (exact) mass is 215 g/mol. The molecule has 0 atom stereocenters. The average molecular weight is 215 g/mol. The zero-order chi connectivity index (χ0) is 10.3. The number of anilines is 1. The Bertz CT molecular complexity index is 505. The van der Waals surface area contributed by atoms with E-state index < -0.39 is 0 Å². The highest BCUT2D eigenvalue weighted by atomic mass is 32.1. The number of carbonyl (C=O) groups is 1. The van der Waals surface area contributed by atoms with Gasteiger partial charge in [-0.3, -0.25) is 4.79 Å². The molecule has 3 heteroatoms. The van der Waals surface area contributed by atoms with Gasteiger partial charge in [-0.2, -0.15) is 0 Å². The van der Waals surface area contributed by atoms with E-state index in [0.717, 1.165) is 28.1 Å². The van der Waals surface area contributed by atoms with Crippen molar-refractivity contribution >= 4 is 27.8 Å². The molecule has 1 aromatic rings. The first-order chi connectivity index (χ1) is 7.36. The summed E-state index contributed by atoms with van der Waals surface area (Å²) < 4.78 is 0. The van der Waals surface area contributed by atoms with Gasteiger partial charge in [0.25, 0.3) is 5.91 Å². The first kappa shape index (κ1) is 8.68. The summed E-state index contributed by atoms with van der Waals surface area (Å²) in [5, 5.41) is 5.85. The highest BCUT2D eigenvalue weighted by Gasteiger charge is 2.27. The Morgan fingerprint density at radius 2 is 2.07 bits per heavy atom. The Kier molecular flexibility index (Phi) is 1.86. The normalized spacial score (nSPS) is 18.3. The largest absolute Gasteiger partial charge is 0.313 e. The number of allylic oxidation sites excluding steroid dienone is 5. The van der Waals surface area contributed by atoms with E-state index in [2.05, 4.69) is 17.5 Å². The van der Waals surface area contributed by atoms with E-state index in [-0.39, 0.29) is 5.91 Å². The first-order valence-electron chi connectivity index (χ1n) is 4.83. The van der Waals surface area contributed by atoms with Crippen molar-refractivity contribution in [3.63, 3.8) is 0 Å². The van der Waals surface area contributed by atoms with Crippen molar-refractivity contribution in [2.24, 2.45) is 0 Å². The summed E-state index contributed by atoms with van der Waals surface area (Å²) in [6.07, 6.45) is 9.12. The zero-order valence-electron chi connectivity index (χ0n) is 7.99. The maximum atomic E-state index is 11.8. The first-order valence-corrected chi connectivity index (χ1v) is 5.71. The van der Waals surface area contributed by atoms with Crippen molar-refractivity contribution < 1.29 is 4.79 Å². The second-order valence-electron chi connectivity index (χ2n) is 3.49. The van der Waals surface area contributed by atoms with Crippen LogP contribution >= 0.6 is 11.3 Å². The molecule has 15 heavy (non-hydrogen) atoms. The second-order valence-corrected chi connectivity index (χ2v) is 4.40. The van der Waals surface area contributed by atoms with E-state index >= 15 is 0 Å². The van der Waals surface area contributed by atoms with Gasteiger partial charge in [-0.05, 0) is 23.4 Å². The van der Waals surface area contributed by atoms with Gasteiger partial charge in [0.1, 0.15) is 5.00 Å². The smallest absolute Gasteiger partial charge is 0.257 e. The van der Waals surface area contributed by atoms with Gasteiger partial charge in [-0.1, -0.05) is 24.3 Å². The predicted molar refractivity (Wildman–Crippen MR) is 62.8 cm³/mol. The van der Waals surface area contributed by atoms with Crippen LogP contribution in [0, 0.1) is 0 Å². The summed E-state index contributed by atoms with van der Waals surface area (Å²) in [7, 11) is 0. The molecule has 2 heterocycles. The molecule has 0 radical (unpaired) electrons. The number of amides is 1. The molecule has 1 amide bonds. The van der Waals surface area contributed by atoms with Crippen LogP contribution in [0.4, 0.5) is 5.00 Å². The Morgan fingerprint density at radius 1 is 1.27 bits per heavy atom. The number of thiophene rings is 1. The van der Waals surface area contributed by atoms with Crippen molar-refractivity contribution in [3.05, 3.63) is 46.9 Å². The maximum Gasteiger partial charge on any atom is 0.257 e. The van der Waals surface area contributed by atoms with Gasteiger partial charge in [0.05, 0.1) is 5.57 Å². The van der Waals surface area contributed by atoms with Crippen molar-refractivity contribution in [1.82, 2.24) is 0 Å². The summed E-state index contributed by atoms with van der Waals surface area (Å²) in [5.41, 5.74) is 2.85. The fourth-order valence-electron chi connectivity index (χ4n) is 1.87. The molecule has 0 fully saturated rings. The lowest BCUT2D eigenvalue weighted by Crippen LogP contribution is -2.05. The minimum Gasteiger partial charge on any atom is -0.313 e. The fraction of sp³-hybridized carbons (Fsp3) is 0.0833. The molecule has 1 N–H and O–H groups in total. The zero-order valence-corrected chi connectivity index (χ0v) is 8.80. The summed E-state index contributed by atoms with van der Waals surface area (Å²) >= 11 is 1.57. The molecule has 0 saturated carbocycles. The SMILES string of the molecule is O=C1Nc2sccc2C1=C1C=CCC=C1. The van der Waals surface area contributed by atoms with Crippen LogP contribution in [0.15, 0.2) is 41.3 Å². The van der Waals surface area contributed by atoms with E-state index in [0.29, 0.717) is 0 Å². The standard InChI is InChI=1S/C12H9NOS/c14-11-10(8-4-2-1-3-5-8)9-6-7-15-12(9)13-11/h2-7H,1H2,(H,13,14). The summed E-state index contributed by atoms with van der Waals surface area (Å²) in [6.45, 7) is 0. The molecule has 1 aliphatic carbocycles. The molecule has 1 aromatic heterocycles. The van der Waals surface area contributed by atoms with E-state index in [4.69, 9.17) is 0 Å². The topological polar surface area (TPSA) is 29.1 Å². The van der Waals surface area contributed by atoms with Crippen LogP contribution in [-0.4, -0.2) is 5.91 Å². The third-order valence-electron chi connectivity index (χ3n) is 2.54. The molecule has 1 aliphatic heterocycles. The van der Waals surface area contributed by atoms with Crippen LogP contribution < -0.4 is 5.32 Å². The predicted octanol–water partition coefficient (Wildman–Crippen LogP) is 2.97. The highest BCUT2D eigenvalue weighted by molar-refractivity contribution is 7.15. The minimum absolute atomic E-state index is 0.0167. The lowest BCUT2D eigenvalue weighted by molar-refractivity contribution is -0.110. The van der Waals surface area contributed by atoms with E-state index in [1.807, 2.05) is 23.6 Å². The molecule has 0 aromatic carbocycles. The molecule has 74 valence electrons.